The van der Waals surface area contributed by atoms with E-state index in [1.54, 1.807) is 0 Å². The number of anilines is 1. The standard InChI is InChI=1S/C17H17ClN2O/c18-11-4-2-1-3-10(11)14-16(20-21-17(14)19)15-12-8-5-6-9(7-8)13(12)15/h1-4,8-9,12-13,15H,5-7,19H2. The van der Waals surface area contributed by atoms with Crippen LogP contribution in [0.1, 0.15) is 30.9 Å². The van der Waals surface area contributed by atoms with E-state index < -0.39 is 0 Å². The third-order valence-corrected chi connectivity index (χ3v) is 6.27. The van der Waals surface area contributed by atoms with Crippen LogP contribution in [0.2, 0.25) is 5.02 Å². The summed E-state index contributed by atoms with van der Waals surface area (Å²) in [5, 5.41) is 5.03. The van der Waals surface area contributed by atoms with Gasteiger partial charge in [-0.05, 0) is 49.0 Å². The van der Waals surface area contributed by atoms with E-state index in [4.69, 9.17) is 21.9 Å². The first-order valence-electron chi connectivity index (χ1n) is 7.75. The topological polar surface area (TPSA) is 52.0 Å². The highest BCUT2D eigenvalue weighted by molar-refractivity contribution is 6.33. The molecule has 3 nitrogen and oxygen atoms in total. The van der Waals surface area contributed by atoms with Gasteiger partial charge in [0.2, 0.25) is 5.88 Å². The maximum Gasteiger partial charge on any atom is 0.230 e. The van der Waals surface area contributed by atoms with Crippen molar-refractivity contribution >= 4 is 17.5 Å². The molecule has 4 unspecified atom stereocenters. The molecular weight excluding hydrogens is 284 g/mol. The highest BCUT2D eigenvalue weighted by atomic mass is 35.5. The smallest absolute Gasteiger partial charge is 0.230 e. The van der Waals surface area contributed by atoms with Crippen LogP contribution in [-0.2, 0) is 0 Å². The average molecular weight is 301 g/mol. The summed E-state index contributed by atoms with van der Waals surface area (Å²) in [4.78, 5) is 0. The van der Waals surface area contributed by atoms with Crippen LogP contribution in [-0.4, -0.2) is 5.16 Å². The number of nitrogens with two attached hydrogens (primary N) is 1. The highest BCUT2D eigenvalue weighted by Gasteiger charge is 2.66. The Morgan fingerprint density at radius 2 is 1.86 bits per heavy atom. The molecule has 3 saturated carbocycles. The quantitative estimate of drug-likeness (QED) is 0.897. The van der Waals surface area contributed by atoms with Crippen LogP contribution in [0.4, 0.5) is 5.88 Å². The van der Waals surface area contributed by atoms with E-state index in [2.05, 4.69) is 5.16 Å². The highest BCUT2D eigenvalue weighted by Crippen LogP contribution is 2.73. The van der Waals surface area contributed by atoms with E-state index in [0.29, 0.717) is 16.8 Å². The number of hydrogen-bond acceptors (Lipinski definition) is 3. The van der Waals surface area contributed by atoms with Gasteiger partial charge in [-0.25, -0.2) is 0 Å². The van der Waals surface area contributed by atoms with E-state index in [-0.39, 0.29) is 0 Å². The zero-order chi connectivity index (χ0) is 14.1. The molecule has 4 atom stereocenters. The van der Waals surface area contributed by atoms with E-state index in [0.717, 1.165) is 40.5 Å². The Kier molecular flexibility index (Phi) is 2.33. The normalized spacial score (nSPS) is 36.0. The molecule has 108 valence electrons. The average Bonchev–Trinajstić information content (AvgIpc) is 2.81. The molecule has 3 fully saturated rings. The van der Waals surface area contributed by atoms with Gasteiger partial charge in [-0.2, -0.15) is 0 Å². The predicted molar refractivity (Wildman–Crippen MR) is 81.9 cm³/mol. The number of nitrogen functional groups attached to an aromatic ring is 1. The number of hydrogen-bond donors (Lipinski definition) is 1. The minimum absolute atomic E-state index is 0.399. The molecule has 3 aliphatic rings. The van der Waals surface area contributed by atoms with E-state index in [9.17, 15) is 0 Å². The van der Waals surface area contributed by atoms with Gasteiger partial charge in [-0.15, -0.1) is 0 Å². The Bertz CT molecular complexity index is 709. The van der Waals surface area contributed by atoms with Gasteiger partial charge < -0.3 is 10.3 Å². The van der Waals surface area contributed by atoms with Crippen molar-refractivity contribution in [2.45, 2.75) is 25.2 Å². The van der Waals surface area contributed by atoms with Crippen LogP contribution in [0.25, 0.3) is 11.1 Å². The fourth-order valence-electron chi connectivity index (χ4n) is 5.17. The number of nitrogens with zero attached hydrogens (tertiary/aromatic N) is 1. The van der Waals surface area contributed by atoms with Crippen LogP contribution in [0, 0.1) is 23.7 Å². The molecule has 5 rings (SSSR count). The Hall–Kier alpha value is -1.48. The minimum atomic E-state index is 0.399. The SMILES string of the molecule is Nc1onc(C2C3C4CCC(C4)C23)c1-c1ccccc1Cl. The van der Waals surface area contributed by atoms with Crippen LogP contribution >= 0.6 is 11.6 Å². The maximum atomic E-state index is 6.35. The van der Waals surface area contributed by atoms with Crippen LogP contribution in [0.5, 0.6) is 0 Å². The zero-order valence-electron chi connectivity index (χ0n) is 11.6. The summed E-state index contributed by atoms with van der Waals surface area (Å²) >= 11 is 6.35. The Labute approximate surface area is 128 Å². The minimum Gasteiger partial charge on any atom is -0.367 e. The van der Waals surface area contributed by atoms with Crippen molar-refractivity contribution in [3.05, 3.63) is 35.0 Å². The molecule has 1 heterocycles. The van der Waals surface area contributed by atoms with E-state index >= 15 is 0 Å². The second kappa shape index (κ2) is 4.04. The van der Waals surface area contributed by atoms with Crippen LogP contribution < -0.4 is 5.73 Å². The van der Waals surface area contributed by atoms with Crippen LogP contribution in [0.15, 0.2) is 28.8 Å². The molecule has 4 heteroatoms. The molecule has 21 heavy (non-hydrogen) atoms. The molecule has 2 N–H and O–H groups in total. The molecule has 0 aliphatic heterocycles. The number of rotatable bonds is 2. The summed E-state index contributed by atoms with van der Waals surface area (Å²) in [5.74, 6) is 4.38. The van der Waals surface area contributed by atoms with Crippen LogP contribution in [0.3, 0.4) is 0 Å². The van der Waals surface area contributed by atoms with Gasteiger partial charge >= 0.3 is 0 Å². The molecule has 2 bridgehead atoms. The lowest BCUT2D eigenvalue weighted by atomic mass is 9.96. The summed E-state index contributed by atoms with van der Waals surface area (Å²) in [6, 6.07) is 7.81. The largest absolute Gasteiger partial charge is 0.367 e. The molecule has 1 aromatic heterocycles. The molecule has 0 amide bonds. The maximum absolute atomic E-state index is 6.35. The summed E-state index contributed by atoms with van der Waals surface area (Å²) in [7, 11) is 0. The van der Waals surface area contributed by atoms with Gasteiger partial charge in [0.25, 0.3) is 0 Å². The number of halogens is 1. The predicted octanol–water partition coefficient (Wildman–Crippen LogP) is 4.34. The Morgan fingerprint density at radius 1 is 1.14 bits per heavy atom. The van der Waals surface area contributed by atoms with Gasteiger partial charge in [-0.3, -0.25) is 0 Å². The van der Waals surface area contributed by atoms with Gasteiger partial charge in [0.1, 0.15) is 0 Å². The zero-order valence-corrected chi connectivity index (χ0v) is 12.4. The second-order valence-corrected chi connectivity index (χ2v) is 7.21. The lowest BCUT2D eigenvalue weighted by molar-refractivity contribution is 0.417. The number of benzene rings is 1. The first-order valence-corrected chi connectivity index (χ1v) is 8.13. The summed E-state index contributed by atoms with van der Waals surface area (Å²) in [6.07, 6.45) is 4.23. The fraction of sp³-hybridized carbons (Fsp3) is 0.471. The second-order valence-electron chi connectivity index (χ2n) is 6.80. The van der Waals surface area contributed by atoms with Crippen molar-refractivity contribution in [2.75, 3.05) is 5.73 Å². The number of fused-ring (bicyclic) bond motifs is 5. The third-order valence-electron chi connectivity index (χ3n) is 5.94. The van der Waals surface area contributed by atoms with Gasteiger partial charge in [0.15, 0.2) is 0 Å². The molecule has 0 saturated heterocycles. The summed E-state index contributed by atoms with van der Waals surface area (Å²) in [5.41, 5.74) is 8.98. The van der Waals surface area contributed by atoms with Crippen molar-refractivity contribution in [2.24, 2.45) is 23.7 Å². The van der Waals surface area contributed by atoms with Crippen molar-refractivity contribution in [3.8, 4) is 11.1 Å². The van der Waals surface area contributed by atoms with Crippen molar-refractivity contribution < 1.29 is 4.52 Å². The lowest BCUT2D eigenvalue weighted by Crippen LogP contribution is -1.99. The lowest BCUT2D eigenvalue weighted by Gasteiger charge is -2.09. The first kappa shape index (κ1) is 12.1. The Balaban J connectivity index is 1.60. The van der Waals surface area contributed by atoms with E-state index in [1.165, 1.54) is 19.3 Å². The van der Waals surface area contributed by atoms with Gasteiger partial charge in [0, 0.05) is 16.5 Å². The molecule has 2 aromatic rings. The first-order chi connectivity index (χ1) is 10.3. The van der Waals surface area contributed by atoms with Gasteiger partial charge in [-0.1, -0.05) is 35.0 Å². The Morgan fingerprint density at radius 3 is 2.57 bits per heavy atom. The molecular formula is C17H17ClN2O. The molecule has 0 spiro atoms. The monoisotopic (exact) mass is 300 g/mol. The summed E-state index contributed by atoms with van der Waals surface area (Å²) < 4.78 is 5.33. The van der Waals surface area contributed by atoms with Crippen molar-refractivity contribution in [1.82, 2.24) is 5.16 Å². The van der Waals surface area contributed by atoms with Crippen molar-refractivity contribution in [1.29, 1.82) is 0 Å². The molecule has 3 aliphatic carbocycles. The fourth-order valence-corrected chi connectivity index (χ4v) is 5.40. The summed E-state index contributed by atoms with van der Waals surface area (Å²) in [6.45, 7) is 0. The molecule has 0 radical (unpaired) electrons. The number of aromatic nitrogens is 1. The third kappa shape index (κ3) is 1.53. The van der Waals surface area contributed by atoms with Gasteiger partial charge in [0.05, 0.1) is 11.3 Å². The van der Waals surface area contributed by atoms with Crippen molar-refractivity contribution in [3.63, 3.8) is 0 Å². The van der Waals surface area contributed by atoms with E-state index in [1.807, 2.05) is 24.3 Å². The molecule has 1 aromatic carbocycles.